The van der Waals surface area contributed by atoms with Crippen molar-refractivity contribution >= 4 is 17.3 Å². The summed E-state index contributed by atoms with van der Waals surface area (Å²) < 4.78 is 0. The Balaban J connectivity index is 2.25. The van der Waals surface area contributed by atoms with E-state index in [1.165, 1.54) is 0 Å². The molecule has 0 aliphatic heterocycles. The summed E-state index contributed by atoms with van der Waals surface area (Å²) in [6.45, 7) is 3.96. The Labute approximate surface area is 111 Å². The van der Waals surface area contributed by atoms with E-state index < -0.39 is 0 Å². The van der Waals surface area contributed by atoms with Gasteiger partial charge in [0.2, 0.25) is 0 Å². The van der Waals surface area contributed by atoms with E-state index in [1.54, 1.807) is 24.5 Å². The average Bonchev–Trinajstić information content (AvgIpc) is 2.35. The third-order valence-corrected chi connectivity index (χ3v) is 3.12. The lowest BCUT2D eigenvalue weighted by atomic mass is 10.0. The highest BCUT2D eigenvalue weighted by atomic mass is 35.5. The van der Waals surface area contributed by atoms with Crippen LogP contribution in [0.2, 0.25) is 5.02 Å². The maximum Gasteiger partial charge on any atom is 0.120 e. The molecule has 0 fully saturated rings. The molecule has 0 aliphatic carbocycles. The lowest BCUT2D eigenvalue weighted by Gasteiger charge is -2.18. The largest absolute Gasteiger partial charge is 0.508 e. The molecule has 0 saturated carbocycles. The van der Waals surface area contributed by atoms with E-state index in [2.05, 4.69) is 10.3 Å². The molecule has 2 aromatic rings. The highest BCUT2D eigenvalue weighted by Gasteiger charge is 2.11. The lowest BCUT2D eigenvalue weighted by Crippen LogP contribution is -2.07. The minimum absolute atomic E-state index is 0.0494. The molecule has 0 amide bonds. The highest BCUT2D eigenvalue weighted by molar-refractivity contribution is 6.33. The van der Waals surface area contributed by atoms with Crippen molar-refractivity contribution in [1.29, 1.82) is 0 Å². The third kappa shape index (κ3) is 2.74. The Hall–Kier alpha value is -1.74. The van der Waals surface area contributed by atoms with E-state index in [0.717, 1.165) is 16.8 Å². The van der Waals surface area contributed by atoms with E-state index in [4.69, 9.17) is 11.6 Å². The minimum Gasteiger partial charge on any atom is -0.508 e. The standard InChI is InChI=1S/C14H15ClN2O/c1-9-3-4-14(18)11(7-9)10(2)17-13-8-16-6-5-12(13)15/h3-8,10,17-18H,1-2H3. The monoisotopic (exact) mass is 262 g/mol. The van der Waals surface area contributed by atoms with Crippen LogP contribution in [0.15, 0.2) is 36.7 Å². The van der Waals surface area contributed by atoms with Crippen molar-refractivity contribution in [3.05, 3.63) is 52.8 Å². The van der Waals surface area contributed by atoms with Gasteiger partial charge >= 0.3 is 0 Å². The molecule has 1 aromatic carbocycles. The molecule has 0 aliphatic rings. The summed E-state index contributed by atoms with van der Waals surface area (Å²) in [6, 6.07) is 7.21. The predicted molar refractivity (Wildman–Crippen MR) is 74.1 cm³/mol. The third-order valence-electron chi connectivity index (χ3n) is 2.79. The number of phenolic OH excluding ortho intramolecular Hbond substituents is 1. The molecule has 0 bridgehead atoms. The van der Waals surface area contributed by atoms with Crippen molar-refractivity contribution in [2.24, 2.45) is 0 Å². The first-order valence-corrected chi connectivity index (χ1v) is 6.11. The Bertz CT molecular complexity index is 557. The van der Waals surface area contributed by atoms with Gasteiger partial charge in [0.05, 0.1) is 22.9 Å². The van der Waals surface area contributed by atoms with Crippen molar-refractivity contribution in [3.63, 3.8) is 0 Å². The van der Waals surface area contributed by atoms with Crippen LogP contribution in [-0.4, -0.2) is 10.1 Å². The average molecular weight is 263 g/mol. The number of rotatable bonds is 3. The van der Waals surface area contributed by atoms with Crippen LogP contribution in [0.3, 0.4) is 0 Å². The van der Waals surface area contributed by atoms with Gasteiger partial charge in [0.25, 0.3) is 0 Å². The van der Waals surface area contributed by atoms with Gasteiger partial charge in [-0.05, 0) is 26.0 Å². The van der Waals surface area contributed by atoms with Crippen LogP contribution in [0.25, 0.3) is 0 Å². The number of phenols is 1. The maximum absolute atomic E-state index is 9.86. The zero-order chi connectivity index (χ0) is 13.1. The van der Waals surface area contributed by atoms with Gasteiger partial charge in [-0.2, -0.15) is 0 Å². The van der Waals surface area contributed by atoms with Gasteiger partial charge in [0.1, 0.15) is 5.75 Å². The number of nitrogens with one attached hydrogen (secondary N) is 1. The first-order valence-electron chi connectivity index (χ1n) is 5.73. The second-order valence-electron chi connectivity index (χ2n) is 4.28. The van der Waals surface area contributed by atoms with E-state index in [0.29, 0.717) is 5.02 Å². The fraction of sp³-hybridized carbons (Fsp3) is 0.214. The number of aromatic nitrogens is 1. The summed E-state index contributed by atoms with van der Waals surface area (Å²) in [4.78, 5) is 4.02. The van der Waals surface area contributed by atoms with Gasteiger partial charge in [0, 0.05) is 11.8 Å². The quantitative estimate of drug-likeness (QED) is 0.881. The summed E-state index contributed by atoms with van der Waals surface area (Å²) in [7, 11) is 0. The second kappa shape index (κ2) is 5.27. The van der Waals surface area contributed by atoms with Crippen LogP contribution >= 0.6 is 11.6 Å². The summed E-state index contributed by atoms with van der Waals surface area (Å²) in [5.74, 6) is 0.278. The number of benzene rings is 1. The van der Waals surface area contributed by atoms with Crippen molar-refractivity contribution in [2.45, 2.75) is 19.9 Å². The van der Waals surface area contributed by atoms with E-state index in [9.17, 15) is 5.11 Å². The van der Waals surface area contributed by atoms with Crippen LogP contribution in [-0.2, 0) is 0 Å². The first kappa shape index (κ1) is 12.7. The van der Waals surface area contributed by atoms with E-state index in [-0.39, 0.29) is 11.8 Å². The Morgan fingerprint density at radius 1 is 1.33 bits per heavy atom. The van der Waals surface area contributed by atoms with Gasteiger partial charge in [-0.3, -0.25) is 4.98 Å². The van der Waals surface area contributed by atoms with Gasteiger partial charge in [0.15, 0.2) is 0 Å². The first-order chi connectivity index (χ1) is 8.58. The maximum atomic E-state index is 9.86. The number of anilines is 1. The molecule has 0 saturated heterocycles. The van der Waals surface area contributed by atoms with E-state index in [1.807, 2.05) is 26.0 Å². The normalized spacial score (nSPS) is 12.2. The van der Waals surface area contributed by atoms with Crippen molar-refractivity contribution < 1.29 is 5.11 Å². The van der Waals surface area contributed by atoms with Crippen LogP contribution in [0, 0.1) is 6.92 Å². The molecule has 4 heteroatoms. The number of halogens is 1. The molecule has 0 radical (unpaired) electrons. The van der Waals surface area contributed by atoms with Crippen molar-refractivity contribution in [3.8, 4) is 5.75 Å². The van der Waals surface area contributed by atoms with Crippen LogP contribution in [0.4, 0.5) is 5.69 Å². The zero-order valence-corrected chi connectivity index (χ0v) is 11.1. The molecule has 3 nitrogen and oxygen atoms in total. The molecule has 1 atom stereocenters. The summed E-state index contributed by atoms with van der Waals surface area (Å²) in [5, 5.41) is 13.7. The lowest BCUT2D eigenvalue weighted by molar-refractivity contribution is 0.465. The van der Waals surface area contributed by atoms with Crippen LogP contribution in [0.1, 0.15) is 24.1 Å². The van der Waals surface area contributed by atoms with Gasteiger partial charge in [-0.25, -0.2) is 0 Å². The fourth-order valence-electron chi connectivity index (χ4n) is 1.82. The van der Waals surface area contributed by atoms with Gasteiger partial charge in [-0.1, -0.05) is 29.3 Å². The van der Waals surface area contributed by atoms with Crippen molar-refractivity contribution in [1.82, 2.24) is 4.98 Å². The second-order valence-corrected chi connectivity index (χ2v) is 4.69. The molecule has 2 rings (SSSR count). The van der Waals surface area contributed by atoms with Crippen LogP contribution in [0.5, 0.6) is 5.75 Å². The number of hydrogen-bond acceptors (Lipinski definition) is 3. The summed E-state index contributed by atoms with van der Waals surface area (Å²) in [6.07, 6.45) is 3.31. The summed E-state index contributed by atoms with van der Waals surface area (Å²) >= 11 is 6.06. The molecule has 94 valence electrons. The SMILES string of the molecule is Cc1ccc(O)c(C(C)Nc2cnccc2Cl)c1. The van der Waals surface area contributed by atoms with Gasteiger partial charge < -0.3 is 10.4 Å². The predicted octanol–water partition coefficient (Wildman–Crippen LogP) is 3.92. The molecule has 18 heavy (non-hydrogen) atoms. The van der Waals surface area contributed by atoms with Gasteiger partial charge in [-0.15, -0.1) is 0 Å². The Morgan fingerprint density at radius 3 is 2.83 bits per heavy atom. The summed E-state index contributed by atoms with van der Waals surface area (Å²) in [5.41, 5.74) is 2.70. The topological polar surface area (TPSA) is 45.1 Å². The minimum atomic E-state index is -0.0494. The number of nitrogens with zero attached hydrogens (tertiary/aromatic N) is 1. The molecular weight excluding hydrogens is 248 g/mol. The van der Waals surface area contributed by atoms with Crippen LogP contribution < -0.4 is 5.32 Å². The zero-order valence-electron chi connectivity index (χ0n) is 10.3. The number of aromatic hydroxyl groups is 1. The number of hydrogen-bond donors (Lipinski definition) is 2. The fourth-order valence-corrected chi connectivity index (χ4v) is 1.98. The molecule has 1 heterocycles. The molecule has 1 aromatic heterocycles. The highest BCUT2D eigenvalue weighted by Crippen LogP contribution is 2.29. The Morgan fingerprint density at radius 2 is 2.11 bits per heavy atom. The number of pyridine rings is 1. The number of aryl methyl sites for hydroxylation is 1. The van der Waals surface area contributed by atoms with E-state index >= 15 is 0 Å². The molecule has 2 N–H and O–H groups in total. The Kier molecular flexibility index (Phi) is 3.72. The molecule has 1 unspecified atom stereocenters. The molecule has 0 spiro atoms. The smallest absolute Gasteiger partial charge is 0.120 e. The molecular formula is C14H15ClN2O. The van der Waals surface area contributed by atoms with Crippen molar-refractivity contribution in [2.75, 3.05) is 5.32 Å².